The number of aliphatic imine (C=N–C) groups is 1. The van der Waals surface area contributed by atoms with Crippen LogP contribution in [0.4, 0.5) is 5.69 Å². The minimum absolute atomic E-state index is 0.462. The summed E-state index contributed by atoms with van der Waals surface area (Å²) in [5.41, 5.74) is 1.16. The number of ether oxygens (including phenoxy) is 2. The van der Waals surface area contributed by atoms with Crippen molar-refractivity contribution in [1.82, 2.24) is 10.6 Å². The summed E-state index contributed by atoms with van der Waals surface area (Å²) in [5, 5.41) is 7.08. The Kier molecular flexibility index (Phi) is 5.56. The molecule has 1 saturated heterocycles. The van der Waals surface area contributed by atoms with Crippen LogP contribution < -0.4 is 25.0 Å². The SMILES string of the molecule is CN=C(NC1CCN(c2cc(OC)cc(OC)c2)CC1)NC1CC1C. The van der Waals surface area contributed by atoms with Gasteiger partial charge in [-0.25, -0.2) is 0 Å². The fourth-order valence-electron chi connectivity index (χ4n) is 3.32. The number of piperidine rings is 1. The average Bonchev–Trinajstić information content (AvgIpc) is 3.35. The molecule has 0 spiro atoms. The Balaban J connectivity index is 1.54. The Morgan fingerprint density at radius 1 is 1.08 bits per heavy atom. The zero-order valence-electron chi connectivity index (χ0n) is 15.7. The van der Waals surface area contributed by atoms with E-state index in [1.807, 2.05) is 13.1 Å². The lowest BCUT2D eigenvalue weighted by atomic mass is 10.0. The molecule has 0 amide bonds. The number of nitrogens with zero attached hydrogens (tertiary/aromatic N) is 2. The highest BCUT2D eigenvalue weighted by molar-refractivity contribution is 5.80. The lowest BCUT2D eigenvalue weighted by Gasteiger charge is -2.34. The third-order valence-corrected chi connectivity index (χ3v) is 5.19. The summed E-state index contributed by atoms with van der Waals surface area (Å²) in [7, 11) is 5.22. The first kappa shape index (κ1) is 17.7. The van der Waals surface area contributed by atoms with Crippen LogP contribution in [-0.2, 0) is 0 Å². The molecular weight excluding hydrogens is 316 g/mol. The summed E-state index contributed by atoms with van der Waals surface area (Å²) >= 11 is 0. The van der Waals surface area contributed by atoms with E-state index in [1.165, 1.54) is 6.42 Å². The number of hydrogen-bond acceptors (Lipinski definition) is 4. The lowest BCUT2D eigenvalue weighted by molar-refractivity contribution is 0.393. The zero-order chi connectivity index (χ0) is 17.8. The number of methoxy groups -OCH3 is 2. The van der Waals surface area contributed by atoms with Crippen molar-refractivity contribution in [3.8, 4) is 11.5 Å². The van der Waals surface area contributed by atoms with E-state index in [1.54, 1.807) is 14.2 Å². The van der Waals surface area contributed by atoms with Crippen LogP contribution in [0.25, 0.3) is 0 Å². The van der Waals surface area contributed by atoms with Crippen molar-refractivity contribution < 1.29 is 9.47 Å². The molecule has 138 valence electrons. The molecule has 6 heteroatoms. The molecule has 2 fully saturated rings. The molecule has 1 heterocycles. The quantitative estimate of drug-likeness (QED) is 0.633. The Labute approximate surface area is 150 Å². The maximum absolute atomic E-state index is 5.38. The van der Waals surface area contributed by atoms with Crippen molar-refractivity contribution in [3.05, 3.63) is 18.2 Å². The van der Waals surface area contributed by atoms with Gasteiger partial charge in [0.1, 0.15) is 11.5 Å². The molecule has 0 radical (unpaired) electrons. The molecule has 1 saturated carbocycles. The van der Waals surface area contributed by atoms with Crippen molar-refractivity contribution in [2.24, 2.45) is 10.9 Å². The summed E-state index contributed by atoms with van der Waals surface area (Å²) in [6.07, 6.45) is 3.41. The minimum atomic E-state index is 0.462. The van der Waals surface area contributed by atoms with Gasteiger partial charge in [-0.2, -0.15) is 0 Å². The van der Waals surface area contributed by atoms with Crippen molar-refractivity contribution in [2.45, 2.75) is 38.3 Å². The molecule has 2 aliphatic rings. The van der Waals surface area contributed by atoms with Gasteiger partial charge in [0.25, 0.3) is 0 Å². The highest BCUT2D eigenvalue weighted by Crippen LogP contribution is 2.30. The molecule has 1 aromatic rings. The number of nitrogens with one attached hydrogen (secondary N) is 2. The van der Waals surface area contributed by atoms with Crippen molar-refractivity contribution in [3.63, 3.8) is 0 Å². The molecule has 2 atom stereocenters. The van der Waals surface area contributed by atoms with Gasteiger partial charge in [-0.05, 0) is 25.2 Å². The smallest absolute Gasteiger partial charge is 0.191 e. The molecule has 3 rings (SSSR count). The molecule has 25 heavy (non-hydrogen) atoms. The van der Waals surface area contributed by atoms with E-state index in [4.69, 9.17) is 9.47 Å². The van der Waals surface area contributed by atoms with Gasteiger partial charge in [0.2, 0.25) is 0 Å². The first-order valence-corrected chi connectivity index (χ1v) is 9.10. The van der Waals surface area contributed by atoms with E-state index in [0.29, 0.717) is 12.1 Å². The minimum Gasteiger partial charge on any atom is -0.497 e. The first-order valence-electron chi connectivity index (χ1n) is 9.10. The van der Waals surface area contributed by atoms with Crippen LogP contribution in [0.15, 0.2) is 23.2 Å². The maximum Gasteiger partial charge on any atom is 0.191 e. The monoisotopic (exact) mass is 346 g/mol. The molecule has 6 nitrogen and oxygen atoms in total. The Morgan fingerprint density at radius 2 is 1.68 bits per heavy atom. The summed E-state index contributed by atoms with van der Waals surface area (Å²) in [4.78, 5) is 6.76. The number of anilines is 1. The number of rotatable bonds is 5. The maximum atomic E-state index is 5.38. The van der Waals surface area contributed by atoms with E-state index in [2.05, 4.69) is 39.6 Å². The van der Waals surface area contributed by atoms with Crippen LogP contribution in [0.5, 0.6) is 11.5 Å². The number of hydrogen-bond donors (Lipinski definition) is 2. The Bertz CT molecular complexity index is 589. The zero-order valence-corrected chi connectivity index (χ0v) is 15.7. The molecule has 1 aliphatic carbocycles. The fraction of sp³-hybridized carbons (Fsp3) is 0.632. The molecule has 2 N–H and O–H groups in total. The van der Waals surface area contributed by atoms with Gasteiger partial charge in [-0.1, -0.05) is 6.92 Å². The molecule has 0 bridgehead atoms. The number of guanidine groups is 1. The van der Waals surface area contributed by atoms with Crippen molar-refractivity contribution >= 4 is 11.6 Å². The second-order valence-corrected chi connectivity index (χ2v) is 7.01. The molecule has 2 unspecified atom stereocenters. The number of benzene rings is 1. The van der Waals surface area contributed by atoms with Gasteiger partial charge in [0.05, 0.1) is 14.2 Å². The molecule has 1 aromatic carbocycles. The topological polar surface area (TPSA) is 58.1 Å². The van der Waals surface area contributed by atoms with Crippen LogP contribution in [0.3, 0.4) is 0 Å². The third-order valence-electron chi connectivity index (χ3n) is 5.19. The van der Waals surface area contributed by atoms with Crippen LogP contribution in [-0.4, -0.2) is 52.4 Å². The van der Waals surface area contributed by atoms with Gasteiger partial charge in [0.15, 0.2) is 5.96 Å². The largest absolute Gasteiger partial charge is 0.497 e. The average molecular weight is 346 g/mol. The van der Waals surface area contributed by atoms with E-state index < -0.39 is 0 Å². The standard InChI is InChI=1S/C19H30N4O2/c1-13-9-18(13)22-19(20-2)21-14-5-7-23(8-6-14)15-10-16(24-3)12-17(11-15)25-4/h10-14,18H,5-9H2,1-4H3,(H2,20,21,22). The highest BCUT2D eigenvalue weighted by atomic mass is 16.5. The Morgan fingerprint density at radius 3 is 2.16 bits per heavy atom. The molecule has 0 aromatic heterocycles. The van der Waals surface area contributed by atoms with Gasteiger partial charge < -0.3 is 25.0 Å². The van der Waals surface area contributed by atoms with E-state index in [0.717, 1.165) is 55.0 Å². The fourth-order valence-corrected chi connectivity index (χ4v) is 3.32. The Hall–Kier alpha value is -2.11. The lowest BCUT2D eigenvalue weighted by Crippen LogP contribution is -2.49. The van der Waals surface area contributed by atoms with Crippen LogP contribution >= 0.6 is 0 Å². The second-order valence-electron chi connectivity index (χ2n) is 7.01. The highest BCUT2D eigenvalue weighted by Gasteiger charge is 2.33. The summed E-state index contributed by atoms with van der Waals surface area (Å²) in [5.74, 6) is 3.37. The van der Waals surface area contributed by atoms with Gasteiger partial charge in [0, 0.05) is 56.1 Å². The summed E-state index contributed by atoms with van der Waals surface area (Å²) < 4.78 is 10.8. The third kappa shape index (κ3) is 4.50. The second kappa shape index (κ2) is 7.85. The van der Waals surface area contributed by atoms with Crippen LogP contribution in [0.1, 0.15) is 26.2 Å². The van der Waals surface area contributed by atoms with Crippen LogP contribution in [0, 0.1) is 5.92 Å². The van der Waals surface area contributed by atoms with Crippen LogP contribution in [0.2, 0.25) is 0 Å². The molecule has 1 aliphatic heterocycles. The predicted octanol–water partition coefficient (Wildman–Crippen LogP) is 2.25. The summed E-state index contributed by atoms with van der Waals surface area (Å²) in [6, 6.07) is 7.11. The first-order chi connectivity index (χ1) is 12.1. The molecular formula is C19H30N4O2. The predicted molar refractivity (Wildman–Crippen MR) is 102 cm³/mol. The van der Waals surface area contributed by atoms with Gasteiger partial charge >= 0.3 is 0 Å². The van der Waals surface area contributed by atoms with Gasteiger partial charge in [-0.15, -0.1) is 0 Å². The van der Waals surface area contributed by atoms with E-state index >= 15 is 0 Å². The normalized spacial score (nSPS) is 24.0. The van der Waals surface area contributed by atoms with Crippen molar-refractivity contribution in [2.75, 3.05) is 39.3 Å². The van der Waals surface area contributed by atoms with E-state index in [9.17, 15) is 0 Å². The van der Waals surface area contributed by atoms with E-state index in [-0.39, 0.29) is 0 Å². The van der Waals surface area contributed by atoms with Gasteiger partial charge in [-0.3, -0.25) is 4.99 Å². The van der Waals surface area contributed by atoms with Crippen molar-refractivity contribution in [1.29, 1.82) is 0 Å². The summed E-state index contributed by atoms with van der Waals surface area (Å²) in [6.45, 7) is 4.28.